The van der Waals surface area contributed by atoms with Crippen molar-refractivity contribution in [2.45, 2.75) is 65.4 Å². The van der Waals surface area contributed by atoms with Crippen molar-refractivity contribution in [2.75, 3.05) is 32.9 Å². The predicted molar refractivity (Wildman–Crippen MR) is 87.6 cm³/mol. The molecule has 1 saturated carbocycles. The Labute approximate surface area is 131 Å². The Kier molecular flexibility index (Phi) is 6.10. The number of rotatable bonds is 6. The molecule has 0 aromatic rings. The first-order valence-electron chi connectivity index (χ1n) is 8.87. The molecule has 3 heteroatoms. The summed E-state index contributed by atoms with van der Waals surface area (Å²) in [5.41, 5.74) is 0.504. The standard InChI is InChI=1S/C18H35NO2/c1-5-19-14-18(21-13-15-8-11-20-12-15)9-6-16(7-10-18)17(2,3)4/h15-16,19H,5-14H2,1-4H3. The van der Waals surface area contributed by atoms with Gasteiger partial charge in [0.15, 0.2) is 0 Å². The fourth-order valence-electron chi connectivity index (χ4n) is 3.74. The van der Waals surface area contributed by atoms with Gasteiger partial charge in [0.1, 0.15) is 0 Å². The molecule has 21 heavy (non-hydrogen) atoms. The van der Waals surface area contributed by atoms with Crippen LogP contribution < -0.4 is 5.32 Å². The van der Waals surface area contributed by atoms with Crippen LogP contribution in [0.15, 0.2) is 0 Å². The van der Waals surface area contributed by atoms with Crippen molar-refractivity contribution in [2.24, 2.45) is 17.3 Å². The molecule has 1 aliphatic heterocycles. The minimum atomic E-state index is 0.0698. The smallest absolute Gasteiger partial charge is 0.0806 e. The average molecular weight is 297 g/mol. The third-order valence-corrected chi connectivity index (χ3v) is 5.47. The molecule has 0 spiro atoms. The van der Waals surface area contributed by atoms with E-state index in [9.17, 15) is 0 Å². The lowest BCUT2D eigenvalue weighted by molar-refractivity contribution is -0.0956. The lowest BCUT2D eigenvalue weighted by atomic mass is 9.68. The lowest BCUT2D eigenvalue weighted by Crippen LogP contribution is -2.48. The largest absolute Gasteiger partial charge is 0.381 e. The van der Waals surface area contributed by atoms with Crippen LogP contribution in [-0.4, -0.2) is 38.5 Å². The third-order valence-electron chi connectivity index (χ3n) is 5.47. The van der Waals surface area contributed by atoms with E-state index in [4.69, 9.17) is 9.47 Å². The minimum absolute atomic E-state index is 0.0698. The molecule has 2 aliphatic rings. The van der Waals surface area contributed by atoms with Crippen molar-refractivity contribution in [1.29, 1.82) is 0 Å². The molecule has 2 fully saturated rings. The first-order chi connectivity index (χ1) is 9.95. The molecule has 1 aliphatic carbocycles. The highest BCUT2D eigenvalue weighted by Crippen LogP contribution is 2.43. The molecular weight excluding hydrogens is 262 g/mol. The highest BCUT2D eigenvalue weighted by atomic mass is 16.5. The molecule has 0 bridgehead atoms. The van der Waals surface area contributed by atoms with Gasteiger partial charge in [0.05, 0.1) is 18.8 Å². The zero-order valence-corrected chi connectivity index (χ0v) is 14.5. The van der Waals surface area contributed by atoms with Crippen LogP contribution in [0.3, 0.4) is 0 Å². The Morgan fingerprint density at radius 1 is 1.19 bits per heavy atom. The molecule has 1 atom stereocenters. The van der Waals surface area contributed by atoms with Gasteiger partial charge >= 0.3 is 0 Å². The molecule has 3 nitrogen and oxygen atoms in total. The molecule has 0 aromatic heterocycles. The normalized spacial score (nSPS) is 34.3. The molecule has 2 rings (SSSR count). The second-order valence-electron chi connectivity index (χ2n) is 8.14. The van der Waals surface area contributed by atoms with E-state index in [0.29, 0.717) is 11.3 Å². The highest BCUT2D eigenvalue weighted by molar-refractivity contribution is 4.92. The van der Waals surface area contributed by atoms with Crippen LogP contribution in [0.25, 0.3) is 0 Å². The van der Waals surface area contributed by atoms with E-state index in [1.807, 2.05) is 0 Å². The summed E-state index contributed by atoms with van der Waals surface area (Å²) in [7, 11) is 0. The van der Waals surface area contributed by atoms with Gasteiger partial charge < -0.3 is 14.8 Å². The fraction of sp³-hybridized carbons (Fsp3) is 1.00. The second kappa shape index (κ2) is 7.43. The Balaban J connectivity index is 1.88. The minimum Gasteiger partial charge on any atom is -0.381 e. The van der Waals surface area contributed by atoms with Gasteiger partial charge in [0.2, 0.25) is 0 Å². The lowest BCUT2D eigenvalue weighted by Gasteiger charge is -2.44. The van der Waals surface area contributed by atoms with Crippen LogP contribution in [0.1, 0.15) is 59.8 Å². The van der Waals surface area contributed by atoms with Gasteiger partial charge in [-0.25, -0.2) is 0 Å². The molecule has 1 heterocycles. The summed E-state index contributed by atoms with van der Waals surface area (Å²) in [6.07, 6.45) is 6.18. The summed E-state index contributed by atoms with van der Waals surface area (Å²) in [6.45, 7) is 14.0. The zero-order chi connectivity index (χ0) is 15.3. The van der Waals surface area contributed by atoms with Crippen molar-refractivity contribution in [3.63, 3.8) is 0 Å². The summed E-state index contributed by atoms with van der Waals surface area (Å²) < 4.78 is 12.0. The third kappa shape index (κ3) is 4.94. The van der Waals surface area contributed by atoms with Crippen LogP contribution in [-0.2, 0) is 9.47 Å². The van der Waals surface area contributed by atoms with Crippen molar-refractivity contribution in [3.05, 3.63) is 0 Å². The first kappa shape index (κ1) is 17.2. The van der Waals surface area contributed by atoms with E-state index in [1.54, 1.807) is 0 Å². The zero-order valence-electron chi connectivity index (χ0n) is 14.5. The Morgan fingerprint density at radius 3 is 2.43 bits per heavy atom. The van der Waals surface area contributed by atoms with Crippen LogP contribution in [0.5, 0.6) is 0 Å². The van der Waals surface area contributed by atoms with Crippen LogP contribution in [0, 0.1) is 17.3 Å². The first-order valence-corrected chi connectivity index (χ1v) is 8.87. The SMILES string of the molecule is CCNCC1(OCC2CCOC2)CCC(C(C)(C)C)CC1. The monoisotopic (exact) mass is 297 g/mol. The number of likely N-dealkylation sites (N-methyl/N-ethyl adjacent to an activating group) is 1. The Morgan fingerprint density at radius 2 is 1.90 bits per heavy atom. The van der Waals surface area contributed by atoms with Gasteiger partial charge in [-0.1, -0.05) is 27.7 Å². The molecule has 1 unspecified atom stereocenters. The highest BCUT2D eigenvalue weighted by Gasteiger charge is 2.39. The van der Waals surface area contributed by atoms with E-state index in [1.165, 1.54) is 32.1 Å². The van der Waals surface area contributed by atoms with E-state index in [0.717, 1.165) is 38.8 Å². The molecular formula is C18H35NO2. The van der Waals surface area contributed by atoms with Gasteiger partial charge in [0, 0.05) is 19.1 Å². The molecule has 0 aromatic carbocycles. The van der Waals surface area contributed by atoms with Gasteiger partial charge in [0.25, 0.3) is 0 Å². The van der Waals surface area contributed by atoms with Gasteiger partial charge in [-0.05, 0) is 50.0 Å². The maximum Gasteiger partial charge on any atom is 0.0806 e. The van der Waals surface area contributed by atoms with E-state index in [-0.39, 0.29) is 5.60 Å². The molecule has 0 radical (unpaired) electrons. The van der Waals surface area contributed by atoms with Gasteiger partial charge in [-0.15, -0.1) is 0 Å². The van der Waals surface area contributed by atoms with E-state index < -0.39 is 0 Å². The number of nitrogens with one attached hydrogen (secondary N) is 1. The van der Waals surface area contributed by atoms with Crippen LogP contribution in [0.4, 0.5) is 0 Å². The van der Waals surface area contributed by atoms with Gasteiger partial charge in [-0.3, -0.25) is 0 Å². The summed E-state index contributed by atoms with van der Waals surface area (Å²) in [5.74, 6) is 1.45. The quantitative estimate of drug-likeness (QED) is 0.812. The molecule has 1 saturated heterocycles. The number of hydrogen-bond donors (Lipinski definition) is 1. The summed E-state index contributed by atoms with van der Waals surface area (Å²) >= 11 is 0. The topological polar surface area (TPSA) is 30.5 Å². The van der Waals surface area contributed by atoms with Crippen molar-refractivity contribution in [1.82, 2.24) is 5.32 Å². The molecule has 124 valence electrons. The van der Waals surface area contributed by atoms with E-state index in [2.05, 4.69) is 33.0 Å². The molecule has 1 N–H and O–H groups in total. The van der Waals surface area contributed by atoms with Crippen LogP contribution >= 0.6 is 0 Å². The fourth-order valence-corrected chi connectivity index (χ4v) is 3.74. The maximum atomic E-state index is 6.48. The second-order valence-corrected chi connectivity index (χ2v) is 8.14. The van der Waals surface area contributed by atoms with Gasteiger partial charge in [-0.2, -0.15) is 0 Å². The summed E-state index contributed by atoms with van der Waals surface area (Å²) in [5, 5.41) is 3.53. The number of hydrogen-bond acceptors (Lipinski definition) is 3. The summed E-state index contributed by atoms with van der Waals surface area (Å²) in [4.78, 5) is 0. The van der Waals surface area contributed by atoms with Crippen molar-refractivity contribution < 1.29 is 9.47 Å². The molecule has 0 amide bonds. The summed E-state index contributed by atoms with van der Waals surface area (Å²) in [6, 6.07) is 0. The Bertz CT molecular complexity index is 297. The number of ether oxygens (including phenoxy) is 2. The maximum absolute atomic E-state index is 6.48. The van der Waals surface area contributed by atoms with Crippen molar-refractivity contribution >= 4 is 0 Å². The average Bonchev–Trinajstić information content (AvgIpc) is 2.96. The van der Waals surface area contributed by atoms with Crippen molar-refractivity contribution in [3.8, 4) is 0 Å². The Hall–Kier alpha value is -0.120. The predicted octanol–water partition coefficient (Wildman–Crippen LogP) is 3.62. The van der Waals surface area contributed by atoms with E-state index >= 15 is 0 Å². The van der Waals surface area contributed by atoms with Crippen LogP contribution in [0.2, 0.25) is 0 Å².